The SMILES string of the molecule is CCOC(=O)[C@@H]1CN(C)[C@@]2(C(=O)Nc3ccccc32)[C@]12Sc1ccccc1C2=O. The van der Waals surface area contributed by atoms with E-state index in [9.17, 15) is 14.4 Å². The summed E-state index contributed by atoms with van der Waals surface area (Å²) in [7, 11) is 1.81. The molecule has 2 aromatic carbocycles. The third-order valence-corrected chi connectivity index (χ3v) is 7.93. The first-order chi connectivity index (χ1) is 14.0. The lowest BCUT2D eigenvalue weighted by Gasteiger charge is -2.41. The molecule has 1 fully saturated rings. The summed E-state index contributed by atoms with van der Waals surface area (Å²) in [6.07, 6.45) is 0. The van der Waals surface area contributed by atoms with E-state index < -0.39 is 22.2 Å². The maximum atomic E-state index is 14.0. The van der Waals surface area contributed by atoms with Crippen molar-refractivity contribution < 1.29 is 19.1 Å². The van der Waals surface area contributed by atoms with Crippen molar-refractivity contribution in [3.63, 3.8) is 0 Å². The van der Waals surface area contributed by atoms with Crippen LogP contribution in [-0.4, -0.2) is 47.5 Å². The van der Waals surface area contributed by atoms with Gasteiger partial charge in [0.15, 0.2) is 11.3 Å². The highest BCUT2D eigenvalue weighted by Gasteiger charge is 2.77. The van der Waals surface area contributed by atoms with E-state index in [1.165, 1.54) is 11.8 Å². The van der Waals surface area contributed by atoms with E-state index in [-0.39, 0.29) is 24.8 Å². The number of likely N-dealkylation sites (tertiary alicyclic amines) is 1. The zero-order valence-corrected chi connectivity index (χ0v) is 16.9. The molecule has 3 heterocycles. The van der Waals surface area contributed by atoms with Gasteiger partial charge in [-0.25, -0.2) is 0 Å². The number of Topliss-reactive ketones (excluding diaryl/α,β-unsaturated/α-hetero) is 1. The zero-order chi connectivity index (χ0) is 20.4. The van der Waals surface area contributed by atoms with Gasteiger partial charge in [-0.05, 0) is 26.1 Å². The Morgan fingerprint density at radius 2 is 1.93 bits per heavy atom. The summed E-state index contributed by atoms with van der Waals surface area (Å²) in [4.78, 5) is 43.3. The summed E-state index contributed by atoms with van der Waals surface area (Å²) in [5.41, 5.74) is 0.672. The molecule has 0 aliphatic carbocycles. The number of hydrogen-bond donors (Lipinski definition) is 1. The number of esters is 1. The zero-order valence-electron chi connectivity index (χ0n) is 16.1. The monoisotopic (exact) mass is 408 g/mol. The van der Waals surface area contributed by atoms with Crippen molar-refractivity contribution in [3.8, 4) is 0 Å². The number of ether oxygens (including phenoxy) is 1. The van der Waals surface area contributed by atoms with Crippen LogP contribution in [0.4, 0.5) is 5.69 Å². The van der Waals surface area contributed by atoms with Gasteiger partial charge in [-0.1, -0.05) is 36.4 Å². The summed E-state index contributed by atoms with van der Waals surface area (Å²) in [6.45, 7) is 2.22. The maximum absolute atomic E-state index is 14.0. The van der Waals surface area contributed by atoms with Gasteiger partial charge in [-0.3, -0.25) is 19.3 Å². The maximum Gasteiger partial charge on any atom is 0.312 e. The van der Waals surface area contributed by atoms with E-state index in [4.69, 9.17) is 4.74 Å². The van der Waals surface area contributed by atoms with E-state index in [1.54, 1.807) is 20.0 Å². The molecule has 3 aliphatic rings. The topological polar surface area (TPSA) is 75.7 Å². The first-order valence-electron chi connectivity index (χ1n) is 9.60. The number of rotatable bonds is 2. The second kappa shape index (κ2) is 6.18. The molecule has 0 unspecified atom stereocenters. The number of hydrogen-bond acceptors (Lipinski definition) is 6. The highest BCUT2D eigenvalue weighted by atomic mass is 32.2. The van der Waals surface area contributed by atoms with Gasteiger partial charge >= 0.3 is 5.97 Å². The van der Waals surface area contributed by atoms with Crippen LogP contribution in [0.5, 0.6) is 0 Å². The number of ketones is 1. The number of nitrogens with zero attached hydrogens (tertiary/aromatic N) is 1. The van der Waals surface area contributed by atoms with Crippen LogP contribution < -0.4 is 5.32 Å². The first kappa shape index (κ1) is 18.4. The molecule has 0 aromatic heterocycles. The van der Waals surface area contributed by atoms with Gasteiger partial charge in [0.25, 0.3) is 5.91 Å². The Bertz CT molecular complexity index is 1070. The van der Waals surface area contributed by atoms with E-state index in [0.29, 0.717) is 11.3 Å². The molecule has 1 amide bonds. The molecule has 3 aliphatic heterocycles. The predicted octanol–water partition coefficient (Wildman–Crippen LogP) is 2.69. The normalized spacial score (nSPS) is 29.9. The number of nitrogens with one attached hydrogen (secondary N) is 1. The Morgan fingerprint density at radius 1 is 1.21 bits per heavy atom. The minimum absolute atomic E-state index is 0.188. The molecule has 3 atom stereocenters. The summed E-state index contributed by atoms with van der Waals surface area (Å²) in [5.74, 6) is -1.68. The van der Waals surface area contributed by atoms with Crippen molar-refractivity contribution in [3.05, 3.63) is 59.7 Å². The minimum Gasteiger partial charge on any atom is -0.466 e. The fourth-order valence-corrected chi connectivity index (χ4v) is 6.97. The van der Waals surface area contributed by atoms with Crippen LogP contribution in [0.15, 0.2) is 53.4 Å². The fraction of sp³-hybridized carbons (Fsp3) is 0.318. The number of para-hydroxylation sites is 1. The number of carbonyl (C=O) groups excluding carboxylic acids is 3. The molecule has 6 nitrogen and oxygen atoms in total. The van der Waals surface area contributed by atoms with Gasteiger partial charge in [0, 0.05) is 28.3 Å². The molecule has 148 valence electrons. The van der Waals surface area contributed by atoms with Crippen LogP contribution in [0, 0.1) is 5.92 Å². The van der Waals surface area contributed by atoms with E-state index >= 15 is 0 Å². The average molecular weight is 408 g/mol. The number of thioether (sulfide) groups is 1. The van der Waals surface area contributed by atoms with Crippen LogP contribution >= 0.6 is 11.8 Å². The van der Waals surface area contributed by atoms with Gasteiger partial charge in [-0.15, -0.1) is 11.8 Å². The van der Waals surface area contributed by atoms with Gasteiger partial charge in [-0.2, -0.15) is 0 Å². The Labute approximate surface area is 172 Å². The fourth-order valence-electron chi connectivity index (χ4n) is 5.18. The molecule has 1 saturated heterocycles. The standard InChI is InChI=1S/C22H20N2O4S/c1-3-28-19(26)15-12-24(2)21(14-9-5-6-10-16(14)23-20(21)27)22(15)18(25)13-8-4-7-11-17(13)29-22/h4-11,15H,3,12H2,1-2H3,(H,23,27)/t15-,21-,22-/m0/s1. The Balaban J connectivity index is 1.81. The molecule has 2 aromatic rings. The molecule has 0 saturated carbocycles. The van der Waals surface area contributed by atoms with Gasteiger partial charge in [0.1, 0.15) is 4.75 Å². The molecule has 1 N–H and O–H groups in total. The highest BCUT2D eigenvalue weighted by molar-refractivity contribution is 8.02. The number of amides is 1. The van der Waals surface area contributed by atoms with Crippen molar-refractivity contribution >= 4 is 35.1 Å². The predicted molar refractivity (Wildman–Crippen MR) is 109 cm³/mol. The molecule has 7 heteroatoms. The van der Waals surface area contributed by atoms with Crippen molar-refractivity contribution in [1.29, 1.82) is 0 Å². The van der Waals surface area contributed by atoms with Crippen LogP contribution in [-0.2, 0) is 19.9 Å². The summed E-state index contributed by atoms with van der Waals surface area (Å²) in [6, 6.07) is 14.7. The molecule has 0 bridgehead atoms. The van der Waals surface area contributed by atoms with Crippen molar-refractivity contribution in [2.75, 3.05) is 25.5 Å². The minimum atomic E-state index is -1.33. The van der Waals surface area contributed by atoms with Gasteiger partial charge in [0.2, 0.25) is 0 Å². The van der Waals surface area contributed by atoms with E-state index in [1.807, 2.05) is 47.4 Å². The molecular weight excluding hydrogens is 388 g/mol. The molecule has 5 rings (SSSR count). The average Bonchev–Trinajstić information content (AvgIpc) is 3.28. The Hall–Kier alpha value is -2.64. The second-order valence-electron chi connectivity index (χ2n) is 7.56. The van der Waals surface area contributed by atoms with Crippen LogP contribution in [0.3, 0.4) is 0 Å². The number of likely N-dealkylation sites (N-methyl/N-ethyl adjacent to an activating group) is 1. The molecule has 2 spiro atoms. The van der Waals surface area contributed by atoms with Crippen molar-refractivity contribution in [2.24, 2.45) is 5.92 Å². The first-order valence-corrected chi connectivity index (χ1v) is 10.4. The van der Waals surface area contributed by atoms with Crippen LogP contribution in [0.2, 0.25) is 0 Å². The lowest BCUT2D eigenvalue weighted by Crippen LogP contribution is -2.61. The van der Waals surface area contributed by atoms with Crippen molar-refractivity contribution in [2.45, 2.75) is 22.1 Å². The molecule has 0 radical (unpaired) electrons. The van der Waals surface area contributed by atoms with E-state index in [2.05, 4.69) is 5.32 Å². The lowest BCUT2D eigenvalue weighted by molar-refractivity contribution is -0.148. The largest absolute Gasteiger partial charge is 0.466 e. The number of anilines is 1. The molecular formula is C22H20N2O4S. The third kappa shape index (κ3) is 2.04. The smallest absolute Gasteiger partial charge is 0.312 e. The molecule has 29 heavy (non-hydrogen) atoms. The van der Waals surface area contributed by atoms with Crippen LogP contribution in [0.25, 0.3) is 0 Å². The Morgan fingerprint density at radius 3 is 2.69 bits per heavy atom. The summed E-state index contributed by atoms with van der Waals surface area (Å²) in [5, 5.41) is 2.95. The van der Waals surface area contributed by atoms with Gasteiger partial charge < -0.3 is 10.1 Å². The van der Waals surface area contributed by atoms with Crippen LogP contribution in [0.1, 0.15) is 22.8 Å². The number of carbonyl (C=O) groups is 3. The second-order valence-corrected chi connectivity index (χ2v) is 8.85. The van der Waals surface area contributed by atoms with Gasteiger partial charge in [0.05, 0.1) is 12.5 Å². The number of fused-ring (bicyclic) bond motifs is 4. The third-order valence-electron chi connectivity index (χ3n) is 6.26. The Kier molecular flexibility index (Phi) is 3.92. The van der Waals surface area contributed by atoms with E-state index in [0.717, 1.165) is 10.5 Å². The quantitative estimate of drug-likeness (QED) is 0.770. The van der Waals surface area contributed by atoms with Crippen molar-refractivity contribution in [1.82, 2.24) is 4.90 Å². The summed E-state index contributed by atoms with van der Waals surface area (Å²) >= 11 is 1.33. The summed E-state index contributed by atoms with van der Waals surface area (Å²) < 4.78 is 4.05. The highest BCUT2D eigenvalue weighted by Crippen LogP contribution is 2.65. The number of benzene rings is 2. The lowest BCUT2D eigenvalue weighted by atomic mass is 9.71.